The Bertz CT molecular complexity index is 1090. The van der Waals surface area contributed by atoms with Crippen LogP contribution in [-0.4, -0.2) is 11.5 Å². The summed E-state index contributed by atoms with van der Waals surface area (Å²) in [5, 5.41) is 1.35. The Morgan fingerprint density at radius 1 is 0.786 bits per heavy atom. The molecule has 1 aromatic heterocycles. The number of benzene rings is 3. The Kier molecular flexibility index (Phi) is 5.31. The molecule has 0 amide bonds. The molecule has 3 aromatic carbocycles. The normalized spacial score (nSPS) is 11.2. The number of nitrogens with two attached hydrogens (primary N) is 1. The van der Waals surface area contributed by atoms with Crippen LogP contribution >= 0.6 is 0 Å². The van der Waals surface area contributed by atoms with E-state index in [0.29, 0.717) is 0 Å². The van der Waals surface area contributed by atoms with E-state index < -0.39 is 0 Å². The minimum absolute atomic E-state index is 0.746. The summed E-state index contributed by atoms with van der Waals surface area (Å²) in [5.41, 5.74) is 16.1. The first kappa shape index (κ1) is 18.5. The second kappa shape index (κ2) is 8.04. The third kappa shape index (κ3) is 3.36. The Morgan fingerprint density at radius 3 is 2.25 bits per heavy atom. The lowest BCUT2D eigenvalue weighted by molar-refractivity contribution is 0.748. The maximum atomic E-state index is 5.77. The fourth-order valence-corrected chi connectivity index (χ4v) is 4.07. The van der Waals surface area contributed by atoms with Crippen molar-refractivity contribution in [1.82, 2.24) is 4.98 Å². The van der Waals surface area contributed by atoms with Crippen molar-refractivity contribution in [3.63, 3.8) is 0 Å². The van der Waals surface area contributed by atoms with Crippen molar-refractivity contribution in [2.75, 3.05) is 6.54 Å². The zero-order valence-corrected chi connectivity index (χ0v) is 16.8. The van der Waals surface area contributed by atoms with Crippen molar-refractivity contribution in [3.8, 4) is 22.4 Å². The molecular formula is C26H28N2. The van der Waals surface area contributed by atoms with Crippen LogP contribution in [0.2, 0.25) is 0 Å². The molecule has 28 heavy (non-hydrogen) atoms. The molecule has 0 bridgehead atoms. The average molecular weight is 369 g/mol. The highest BCUT2D eigenvalue weighted by molar-refractivity contribution is 5.96. The van der Waals surface area contributed by atoms with Crippen LogP contribution < -0.4 is 5.73 Å². The van der Waals surface area contributed by atoms with Gasteiger partial charge in [0.25, 0.3) is 0 Å². The molecule has 0 unspecified atom stereocenters. The lowest BCUT2D eigenvalue weighted by Crippen LogP contribution is -1.99. The molecule has 0 aliphatic heterocycles. The summed E-state index contributed by atoms with van der Waals surface area (Å²) in [6.45, 7) is 5.14. The molecule has 0 saturated carbocycles. The standard InChI is InChI=1S/C26H28N2/c1-18-15-16-24-23(14-8-9-17-27)26(28-25(24)19(18)2)22-13-7-6-12-21(22)20-10-4-3-5-11-20/h3-7,10-13,15-16,28H,8-9,14,17,27H2,1-2H3. The number of hydrogen-bond donors (Lipinski definition) is 2. The third-order valence-electron chi connectivity index (χ3n) is 5.77. The van der Waals surface area contributed by atoms with Gasteiger partial charge in [-0.2, -0.15) is 0 Å². The fraction of sp³-hybridized carbons (Fsp3) is 0.231. The first-order valence-electron chi connectivity index (χ1n) is 10.2. The van der Waals surface area contributed by atoms with Crippen LogP contribution in [-0.2, 0) is 6.42 Å². The highest BCUT2D eigenvalue weighted by Crippen LogP contribution is 2.38. The van der Waals surface area contributed by atoms with E-state index in [2.05, 4.69) is 85.6 Å². The smallest absolute Gasteiger partial charge is 0.0503 e. The molecule has 0 spiro atoms. The van der Waals surface area contributed by atoms with E-state index in [1.54, 1.807) is 0 Å². The van der Waals surface area contributed by atoms with Gasteiger partial charge >= 0.3 is 0 Å². The maximum Gasteiger partial charge on any atom is 0.0503 e. The second-order valence-electron chi connectivity index (χ2n) is 7.57. The summed E-state index contributed by atoms with van der Waals surface area (Å²) >= 11 is 0. The summed E-state index contributed by atoms with van der Waals surface area (Å²) in [7, 11) is 0. The Balaban J connectivity index is 1.94. The first-order chi connectivity index (χ1) is 13.7. The molecule has 0 radical (unpaired) electrons. The summed E-state index contributed by atoms with van der Waals surface area (Å²) in [6, 6.07) is 23.9. The fourth-order valence-electron chi connectivity index (χ4n) is 4.07. The average Bonchev–Trinajstić information content (AvgIpc) is 3.11. The predicted octanol–water partition coefficient (Wildman–Crippen LogP) is 6.40. The van der Waals surface area contributed by atoms with E-state index in [9.17, 15) is 0 Å². The van der Waals surface area contributed by atoms with Gasteiger partial charge < -0.3 is 10.7 Å². The van der Waals surface area contributed by atoms with Gasteiger partial charge in [-0.25, -0.2) is 0 Å². The SMILES string of the molecule is Cc1ccc2c(CCCCN)c(-c3ccccc3-c3ccccc3)[nH]c2c1C. The maximum absolute atomic E-state index is 5.77. The van der Waals surface area contributed by atoms with Gasteiger partial charge in [0.15, 0.2) is 0 Å². The molecule has 0 saturated heterocycles. The van der Waals surface area contributed by atoms with Crippen LogP contribution in [0.15, 0.2) is 66.7 Å². The largest absolute Gasteiger partial charge is 0.354 e. The zero-order chi connectivity index (χ0) is 19.5. The molecular weight excluding hydrogens is 340 g/mol. The summed E-state index contributed by atoms with van der Waals surface area (Å²) in [5.74, 6) is 0. The van der Waals surface area contributed by atoms with Crippen LogP contribution in [0.4, 0.5) is 0 Å². The van der Waals surface area contributed by atoms with Crippen LogP contribution in [0.3, 0.4) is 0 Å². The zero-order valence-electron chi connectivity index (χ0n) is 16.8. The van der Waals surface area contributed by atoms with Crippen molar-refractivity contribution < 1.29 is 0 Å². The number of aromatic nitrogens is 1. The van der Waals surface area contributed by atoms with Gasteiger partial charge in [-0.15, -0.1) is 0 Å². The van der Waals surface area contributed by atoms with Crippen molar-refractivity contribution in [3.05, 3.63) is 83.4 Å². The third-order valence-corrected chi connectivity index (χ3v) is 5.77. The Morgan fingerprint density at radius 2 is 1.50 bits per heavy atom. The van der Waals surface area contributed by atoms with Gasteiger partial charge in [-0.1, -0.05) is 66.7 Å². The highest BCUT2D eigenvalue weighted by atomic mass is 14.7. The molecule has 0 aliphatic carbocycles. The summed E-state index contributed by atoms with van der Waals surface area (Å²) < 4.78 is 0. The molecule has 4 aromatic rings. The summed E-state index contributed by atoms with van der Waals surface area (Å²) in [4.78, 5) is 3.80. The number of aromatic amines is 1. The van der Waals surface area contributed by atoms with E-state index in [1.165, 1.54) is 50.0 Å². The number of fused-ring (bicyclic) bond motifs is 1. The summed E-state index contributed by atoms with van der Waals surface area (Å²) in [6.07, 6.45) is 3.20. The van der Waals surface area contributed by atoms with Crippen LogP contribution in [0.5, 0.6) is 0 Å². The number of unbranched alkanes of at least 4 members (excludes halogenated alkanes) is 1. The molecule has 1 heterocycles. The molecule has 3 N–H and O–H groups in total. The van der Waals surface area contributed by atoms with Gasteiger partial charge in [0.1, 0.15) is 0 Å². The van der Waals surface area contributed by atoms with Gasteiger partial charge in [0.05, 0.1) is 5.69 Å². The topological polar surface area (TPSA) is 41.8 Å². The first-order valence-corrected chi connectivity index (χ1v) is 10.2. The van der Waals surface area contributed by atoms with E-state index >= 15 is 0 Å². The minimum atomic E-state index is 0.746. The van der Waals surface area contributed by atoms with E-state index in [1.807, 2.05) is 0 Å². The van der Waals surface area contributed by atoms with Crippen LogP contribution in [0, 0.1) is 13.8 Å². The molecule has 4 rings (SSSR count). The molecule has 2 heteroatoms. The van der Waals surface area contributed by atoms with Crippen molar-refractivity contribution in [2.45, 2.75) is 33.1 Å². The minimum Gasteiger partial charge on any atom is -0.354 e. The van der Waals surface area contributed by atoms with Gasteiger partial charge in [0.2, 0.25) is 0 Å². The number of hydrogen-bond acceptors (Lipinski definition) is 1. The lowest BCUT2D eigenvalue weighted by Gasteiger charge is -2.11. The van der Waals surface area contributed by atoms with Crippen LogP contribution in [0.1, 0.15) is 29.5 Å². The van der Waals surface area contributed by atoms with Gasteiger partial charge in [-0.3, -0.25) is 0 Å². The number of nitrogens with one attached hydrogen (secondary N) is 1. The number of aryl methyl sites for hydroxylation is 3. The molecule has 142 valence electrons. The van der Waals surface area contributed by atoms with E-state index in [0.717, 1.165) is 25.8 Å². The molecule has 0 aliphatic rings. The van der Waals surface area contributed by atoms with Crippen molar-refractivity contribution in [2.24, 2.45) is 5.73 Å². The van der Waals surface area contributed by atoms with Crippen LogP contribution in [0.25, 0.3) is 33.3 Å². The molecule has 0 atom stereocenters. The van der Waals surface area contributed by atoms with Crippen molar-refractivity contribution >= 4 is 10.9 Å². The van der Waals surface area contributed by atoms with Gasteiger partial charge in [-0.05, 0) is 67.5 Å². The number of H-pyrrole nitrogens is 1. The molecule has 2 nitrogen and oxygen atoms in total. The molecule has 0 fully saturated rings. The van der Waals surface area contributed by atoms with E-state index in [-0.39, 0.29) is 0 Å². The monoisotopic (exact) mass is 368 g/mol. The number of rotatable bonds is 6. The van der Waals surface area contributed by atoms with Crippen molar-refractivity contribution in [1.29, 1.82) is 0 Å². The highest BCUT2D eigenvalue weighted by Gasteiger charge is 2.17. The second-order valence-corrected chi connectivity index (χ2v) is 7.57. The quantitative estimate of drug-likeness (QED) is 0.380. The predicted molar refractivity (Wildman–Crippen MR) is 121 cm³/mol. The van der Waals surface area contributed by atoms with E-state index in [4.69, 9.17) is 5.73 Å². The lowest BCUT2D eigenvalue weighted by atomic mass is 9.93. The Hall–Kier alpha value is -2.84. The van der Waals surface area contributed by atoms with Gasteiger partial charge in [0, 0.05) is 16.5 Å². The Labute approximate surface area is 167 Å².